The Morgan fingerprint density at radius 1 is 1.24 bits per heavy atom. The third kappa shape index (κ3) is 4.48. The quantitative estimate of drug-likeness (QED) is 0.513. The van der Waals surface area contributed by atoms with Crippen LogP contribution in [0.1, 0.15) is 30.1 Å². The number of rotatable bonds is 7. The van der Waals surface area contributed by atoms with Crippen molar-refractivity contribution in [1.29, 1.82) is 0 Å². The van der Waals surface area contributed by atoms with E-state index in [-0.39, 0.29) is 10.6 Å². The second-order valence-electron chi connectivity index (χ2n) is 8.69. The number of hydrogen-bond acceptors (Lipinski definition) is 6. The predicted molar refractivity (Wildman–Crippen MR) is 133 cm³/mol. The third-order valence-electron chi connectivity index (χ3n) is 6.42. The van der Waals surface area contributed by atoms with Crippen molar-refractivity contribution in [3.63, 3.8) is 0 Å². The molecule has 1 aromatic heterocycles. The molecule has 3 N–H and O–H groups in total. The summed E-state index contributed by atoms with van der Waals surface area (Å²) >= 11 is 5.98. The fourth-order valence-electron chi connectivity index (χ4n) is 4.53. The smallest absolute Gasteiger partial charge is 0.252 e. The molecule has 2 fully saturated rings. The number of fused-ring (bicyclic) bond motifs is 1. The average molecular weight is 484 g/mol. The van der Waals surface area contributed by atoms with Gasteiger partial charge in [-0.2, -0.15) is 0 Å². The summed E-state index contributed by atoms with van der Waals surface area (Å²) in [5.74, 6) is -0.375. The largest absolute Gasteiger partial charge is 0.492 e. The maximum absolute atomic E-state index is 13.7. The molecule has 5 rings (SSSR count). The SMILES string of the molecule is CCOc1cc2ncc(C(N)=O)c(Nc3ccc(F)c(Cl)c3)c2cc1N1CCN(C2CC2)CC1. The summed E-state index contributed by atoms with van der Waals surface area (Å²) in [5, 5.41) is 3.92. The highest BCUT2D eigenvalue weighted by atomic mass is 35.5. The van der Waals surface area contributed by atoms with Crippen LogP contribution in [0, 0.1) is 5.82 Å². The van der Waals surface area contributed by atoms with Gasteiger partial charge in [0.2, 0.25) is 0 Å². The summed E-state index contributed by atoms with van der Waals surface area (Å²) < 4.78 is 19.7. The van der Waals surface area contributed by atoms with Crippen LogP contribution in [0.25, 0.3) is 10.9 Å². The van der Waals surface area contributed by atoms with Crippen LogP contribution in [0.4, 0.5) is 21.5 Å². The highest BCUT2D eigenvalue weighted by Crippen LogP contribution is 2.39. The van der Waals surface area contributed by atoms with Gasteiger partial charge in [0.15, 0.2) is 0 Å². The molecule has 1 saturated heterocycles. The van der Waals surface area contributed by atoms with Crippen LogP contribution < -0.4 is 20.7 Å². The van der Waals surface area contributed by atoms with E-state index in [1.54, 1.807) is 6.07 Å². The summed E-state index contributed by atoms with van der Waals surface area (Å²) in [6, 6.07) is 8.95. The summed E-state index contributed by atoms with van der Waals surface area (Å²) in [6.45, 7) is 6.27. The first kappa shape index (κ1) is 22.7. The Balaban J connectivity index is 1.58. The van der Waals surface area contributed by atoms with Crippen LogP contribution in [0.2, 0.25) is 5.02 Å². The minimum Gasteiger partial charge on any atom is -0.492 e. The van der Waals surface area contributed by atoms with Crippen LogP contribution in [-0.4, -0.2) is 54.6 Å². The summed E-state index contributed by atoms with van der Waals surface area (Å²) in [5.41, 5.74) is 8.56. The molecule has 0 unspecified atom stereocenters. The Hall–Kier alpha value is -3.10. The number of carbonyl (C=O) groups is 1. The van der Waals surface area contributed by atoms with Gasteiger partial charge in [0.1, 0.15) is 11.6 Å². The highest BCUT2D eigenvalue weighted by molar-refractivity contribution is 6.31. The van der Waals surface area contributed by atoms with Gasteiger partial charge in [-0.3, -0.25) is 14.7 Å². The number of pyridine rings is 1. The molecule has 34 heavy (non-hydrogen) atoms. The maximum Gasteiger partial charge on any atom is 0.252 e. The van der Waals surface area contributed by atoms with E-state index in [1.807, 2.05) is 19.1 Å². The second-order valence-corrected chi connectivity index (χ2v) is 9.10. The molecule has 0 radical (unpaired) electrons. The van der Waals surface area contributed by atoms with E-state index < -0.39 is 11.7 Å². The van der Waals surface area contributed by atoms with Crippen molar-refractivity contribution in [3.8, 4) is 5.75 Å². The normalized spacial score (nSPS) is 16.6. The lowest BCUT2D eigenvalue weighted by molar-refractivity contribution is 0.100. The van der Waals surface area contributed by atoms with Crippen LogP contribution in [0.3, 0.4) is 0 Å². The number of carbonyl (C=O) groups excluding carboxylic acids is 1. The van der Waals surface area contributed by atoms with Crippen molar-refractivity contribution in [1.82, 2.24) is 9.88 Å². The van der Waals surface area contributed by atoms with Crippen molar-refractivity contribution >= 4 is 45.5 Å². The topological polar surface area (TPSA) is 83.7 Å². The van der Waals surface area contributed by atoms with Gasteiger partial charge < -0.3 is 20.7 Å². The Bertz CT molecular complexity index is 1240. The van der Waals surface area contributed by atoms with E-state index in [0.29, 0.717) is 23.5 Å². The lowest BCUT2D eigenvalue weighted by atomic mass is 10.1. The van der Waals surface area contributed by atoms with Gasteiger partial charge in [-0.1, -0.05) is 11.6 Å². The Morgan fingerprint density at radius 3 is 2.65 bits per heavy atom. The summed E-state index contributed by atoms with van der Waals surface area (Å²) in [7, 11) is 0. The molecule has 7 nitrogen and oxygen atoms in total. The van der Waals surface area contributed by atoms with E-state index in [2.05, 4.69) is 20.1 Å². The molecule has 9 heteroatoms. The van der Waals surface area contributed by atoms with Crippen molar-refractivity contribution in [2.75, 3.05) is 43.0 Å². The molecule has 0 spiro atoms. The average Bonchev–Trinajstić information content (AvgIpc) is 3.67. The van der Waals surface area contributed by atoms with E-state index >= 15 is 0 Å². The zero-order chi connectivity index (χ0) is 23.8. The lowest BCUT2D eigenvalue weighted by Gasteiger charge is -2.37. The van der Waals surface area contributed by atoms with Crippen molar-refractivity contribution in [2.24, 2.45) is 5.73 Å². The molecule has 0 bridgehead atoms. The number of piperazine rings is 1. The number of nitrogens with one attached hydrogen (secondary N) is 1. The zero-order valence-corrected chi connectivity index (χ0v) is 19.7. The first-order chi connectivity index (χ1) is 16.4. The minimum absolute atomic E-state index is 0.0168. The van der Waals surface area contributed by atoms with Crippen LogP contribution in [0.5, 0.6) is 5.75 Å². The number of nitrogens with two attached hydrogens (primary N) is 1. The van der Waals surface area contributed by atoms with Crippen LogP contribution in [0.15, 0.2) is 36.5 Å². The van der Waals surface area contributed by atoms with E-state index in [4.69, 9.17) is 22.1 Å². The number of anilines is 3. The molecule has 2 aliphatic rings. The fourth-order valence-corrected chi connectivity index (χ4v) is 4.71. The standard InChI is InChI=1S/C25H27ClFN5O2/c1-2-34-23-13-21-17(12-22(23)32-9-7-31(8-10-32)16-4-5-16)24(18(14-29-21)25(28)33)30-15-3-6-20(27)19(26)11-15/h3,6,11-14,16H,2,4-5,7-10H2,1H3,(H2,28,33)(H,29,30). The number of halogens is 2. The molecule has 1 aliphatic carbocycles. The van der Waals surface area contributed by atoms with Gasteiger partial charge in [-0.05, 0) is 44.0 Å². The predicted octanol–water partition coefficient (Wildman–Crippen LogP) is 4.55. The number of nitrogens with zero attached hydrogens (tertiary/aromatic N) is 3. The Kier molecular flexibility index (Phi) is 6.18. The molecule has 0 atom stereocenters. The van der Waals surface area contributed by atoms with Crippen LogP contribution >= 0.6 is 11.6 Å². The molecule has 1 amide bonds. The molecule has 2 heterocycles. The van der Waals surface area contributed by atoms with Gasteiger partial charge in [-0.15, -0.1) is 0 Å². The van der Waals surface area contributed by atoms with Crippen LogP contribution in [-0.2, 0) is 0 Å². The first-order valence-corrected chi connectivity index (χ1v) is 11.9. The van der Waals surface area contributed by atoms with Gasteiger partial charge in [0, 0.05) is 55.6 Å². The molecule has 3 aromatic rings. The number of aromatic nitrogens is 1. The van der Waals surface area contributed by atoms with E-state index in [1.165, 1.54) is 31.2 Å². The van der Waals surface area contributed by atoms with E-state index in [9.17, 15) is 9.18 Å². The molecular formula is C25H27ClFN5O2. The van der Waals surface area contributed by atoms with Gasteiger partial charge >= 0.3 is 0 Å². The Labute approximate surface area is 202 Å². The summed E-state index contributed by atoms with van der Waals surface area (Å²) in [6.07, 6.45) is 4.04. The number of hydrogen-bond donors (Lipinski definition) is 2. The number of primary amides is 1. The lowest BCUT2D eigenvalue weighted by Crippen LogP contribution is -2.47. The van der Waals surface area contributed by atoms with Crippen molar-refractivity contribution < 1.29 is 13.9 Å². The number of ether oxygens (including phenoxy) is 1. The maximum atomic E-state index is 13.7. The van der Waals surface area contributed by atoms with Gasteiger partial charge in [-0.25, -0.2) is 4.39 Å². The van der Waals surface area contributed by atoms with E-state index in [0.717, 1.165) is 49.0 Å². The van der Waals surface area contributed by atoms with Gasteiger partial charge in [0.05, 0.1) is 34.1 Å². The van der Waals surface area contributed by atoms with Gasteiger partial charge in [0.25, 0.3) is 5.91 Å². The molecule has 178 valence electrons. The monoisotopic (exact) mass is 483 g/mol. The minimum atomic E-state index is -0.612. The van der Waals surface area contributed by atoms with Crippen molar-refractivity contribution in [3.05, 3.63) is 52.9 Å². The number of amides is 1. The first-order valence-electron chi connectivity index (χ1n) is 11.5. The molecular weight excluding hydrogens is 457 g/mol. The second kappa shape index (κ2) is 9.27. The zero-order valence-electron chi connectivity index (χ0n) is 19.0. The Morgan fingerprint density at radius 2 is 2.00 bits per heavy atom. The summed E-state index contributed by atoms with van der Waals surface area (Å²) in [4.78, 5) is 21.6. The molecule has 1 aliphatic heterocycles. The molecule has 2 aromatic carbocycles. The molecule has 1 saturated carbocycles. The third-order valence-corrected chi connectivity index (χ3v) is 6.71. The number of benzene rings is 2. The fraction of sp³-hybridized carbons (Fsp3) is 0.360. The van der Waals surface area contributed by atoms with Crippen molar-refractivity contribution in [2.45, 2.75) is 25.8 Å². The highest BCUT2D eigenvalue weighted by Gasteiger charge is 2.32.